The molecule has 0 aliphatic carbocycles. The molecule has 16 nitrogen and oxygen atoms in total. The molecule has 4 heterocycles. The van der Waals surface area contributed by atoms with Crippen LogP contribution in [-0.4, -0.2) is 61.0 Å². The summed E-state index contributed by atoms with van der Waals surface area (Å²) in [5, 5.41) is 19.9. The van der Waals surface area contributed by atoms with Gasteiger partial charge in [-0.1, -0.05) is 36.4 Å². The third-order valence-corrected chi connectivity index (χ3v) is 13.5. The van der Waals surface area contributed by atoms with Crippen molar-refractivity contribution in [1.82, 2.24) is 0 Å². The van der Waals surface area contributed by atoms with E-state index < -0.39 is 27.2 Å². The second-order valence-corrected chi connectivity index (χ2v) is 17.8. The predicted molar refractivity (Wildman–Crippen MR) is 250 cm³/mol. The molecule has 0 aromatic heterocycles. The first kappa shape index (κ1) is 44.9. The quantitative estimate of drug-likeness (QED) is 0.0916. The Kier molecular flexibility index (Phi) is 10.9. The molecule has 5 aromatic carbocycles. The maximum atomic E-state index is 14.2. The van der Waals surface area contributed by atoms with Crippen molar-refractivity contribution in [2.24, 2.45) is 0 Å². The molecule has 16 heteroatoms. The zero-order chi connectivity index (χ0) is 46.2. The molecule has 9 rings (SSSR count). The first-order valence-corrected chi connectivity index (χ1v) is 21.2. The second-order valence-electron chi connectivity index (χ2n) is 17.8. The van der Waals surface area contributed by atoms with Gasteiger partial charge in [0, 0.05) is 56.1 Å². The Labute approximate surface area is 381 Å². The Morgan fingerprint density at radius 2 is 1.14 bits per heavy atom. The number of para-hydroxylation sites is 2. The highest BCUT2D eigenvalue weighted by atomic mass is 16.6. The van der Waals surface area contributed by atoms with Crippen LogP contribution in [0.15, 0.2) is 97.1 Å². The van der Waals surface area contributed by atoms with Crippen molar-refractivity contribution in [3.63, 3.8) is 0 Å². The maximum Gasteiger partial charge on any atom is 0.274 e. The summed E-state index contributed by atoms with van der Waals surface area (Å²) in [5.74, 6) is 0.790. The molecule has 2 amide bonds. The number of ether oxygens (including phenoxy) is 4. The predicted octanol–water partition coefficient (Wildman–Crippen LogP) is 7.61. The van der Waals surface area contributed by atoms with Gasteiger partial charge in [-0.2, -0.15) is 0 Å². The molecule has 0 bridgehead atoms. The molecule has 340 valence electrons. The Morgan fingerprint density at radius 1 is 0.697 bits per heavy atom. The molecule has 2 spiro atoms. The molecule has 2 unspecified atom stereocenters. The van der Waals surface area contributed by atoms with Crippen LogP contribution in [0.4, 0.5) is 34.1 Å². The largest absolute Gasteiger partial charge is 0.870 e. The van der Waals surface area contributed by atoms with Gasteiger partial charge >= 0.3 is 0 Å². The number of anilines is 4. The smallest absolute Gasteiger partial charge is 0.274 e. The van der Waals surface area contributed by atoms with E-state index >= 15 is 0 Å². The van der Waals surface area contributed by atoms with E-state index in [1.165, 1.54) is 26.4 Å². The normalized spacial score (nSPS) is 19.6. The second kappa shape index (κ2) is 16.1. The van der Waals surface area contributed by atoms with Gasteiger partial charge in [-0.3, -0.25) is 19.7 Å². The standard InChI is InChI=1S/C50H48N6O9.H2O/c1-29-22-38(52-44(58)28-55-40-16-12-10-14-36(40)48(5,6)50(55)20-18-32-24-34(56(60)61)26-42(63-8)46(32)65-50)30(2)21-37(29)51-43(57)27-54-39-15-11-9-13-35(39)47(3,4)49(54)19-17-31-23-33(53-59)25-41(62-7)45(31)64-49;/h9-26H,27-28H2,1-8H3,(H,51,57)(H,52,58);1H2. The molecule has 4 aliphatic heterocycles. The topological polar surface area (TPSA) is 206 Å². The summed E-state index contributed by atoms with van der Waals surface area (Å²) in [7, 11) is 2.95. The van der Waals surface area contributed by atoms with E-state index in [1.54, 1.807) is 18.2 Å². The molecule has 4 aliphatic rings. The number of non-ortho nitro benzene ring substituents is 1. The number of nitrogens with one attached hydrogen (secondary N) is 3. The molecular weight excluding hydrogens is 845 g/mol. The highest BCUT2D eigenvalue weighted by Gasteiger charge is 2.61. The molecule has 0 fully saturated rings. The summed E-state index contributed by atoms with van der Waals surface area (Å²) < 4.78 is 25.1. The van der Waals surface area contributed by atoms with Gasteiger partial charge in [0.05, 0.1) is 42.1 Å². The van der Waals surface area contributed by atoms with Crippen molar-refractivity contribution < 1.29 is 44.1 Å². The number of carbonyl (C=O) groups is 2. The van der Waals surface area contributed by atoms with Crippen LogP contribution in [0.25, 0.3) is 12.2 Å². The van der Waals surface area contributed by atoms with Crippen LogP contribution in [0.1, 0.15) is 61.1 Å². The fourth-order valence-corrected chi connectivity index (χ4v) is 9.96. The van der Waals surface area contributed by atoms with E-state index in [0.717, 1.165) is 33.6 Å². The van der Waals surface area contributed by atoms with Crippen molar-refractivity contribution in [1.29, 1.82) is 0 Å². The van der Waals surface area contributed by atoms with Gasteiger partial charge < -0.3 is 44.9 Å². The Bertz CT molecular complexity index is 2930. The summed E-state index contributed by atoms with van der Waals surface area (Å²) in [6, 6.07) is 25.5. The summed E-state index contributed by atoms with van der Waals surface area (Å²) in [6.07, 6.45) is 7.48. The Morgan fingerprint density at radius 3 is 1.58 bits per heavy atom. The number of nitro benzene ring substituents is 1. The van der Waals surface area contributed by atoms with E-state index in [9.17, 15) is 24.6 Å². The zero-order valence-corrected chi connectivity index (χ0v) is 37.8. The highest BCUT2D eigenvalue weighted by molar-refractivity contribution is 5.99. The number of nitroso groups, excluding NO2 is 1. The fourth-order valence-electron chi connectivity index (χ4n) is 9.96. The number of nitro groups is 1. The van der Waals surface area contributed by atoms with Crippen LogP contribution in [0.2, 0.25) is 0 Å². The summed E-state index contributed by atoms with van der Waals surface area (Å²) in [4.78, 5) is 55.2. The van der Waals surface area contributed by atoms with Gasteiger partial charge in [0.15, 0.2) is 23.0 Å². The minimum atomic E-state index is -1.21. The van der Waals surface area contributed by atoms with Gasteiger partial charge in [-0.05, 0) is 112 Å². The lowest BCUT2D eigenvalue weighted by Gasteiger charge is -2.47. The third-order valence-electron chi connectivity index (χ3n) is 13.5. The van der Waals surface area contributed by atoms with Gasteiger partial charge in [0.25, 0.3) is 11.4 Å². The Balaban J connectivity index is 0.00000592. The van der Waals surface area contributed by atoms with Crippen LogP contribution in [0.3, 0.4) is 0 Å². The first-order valence-electron chi connectivity index (χ1n) is 21.2. The number of nitrogens with zero attached hydrogens (tertiary/aromatic N) is 3. The lowest BCUT2D eigenvalue weighted by Crippen LogP contribution is -2.61. The molecular formula is C50H50N6O10. The van der Waals surface area contributed by atoms with Crippen molar-refractivity contribution >= 4 is 58.1 Å². The van der Waals surface area contributed by atoms with Crippen LogP contribution < -0.4 is 44.6 Å². The SMILES string of the molecule is COc1cc([NH+]=O)cc2c1OC1(C=C2)N(CC(=O)Nc2cc(C)c(NC(=O)CN3c4ccccc4C(C)(C)C34C=Cc3cc([N+](=O)[O-])cc(OC)c3O4)cc2C)c2ccccc2C1(C)C.[OH-]. The maximum absolute atomic E-state index is 14.2. The van der Waals surface area contributed by atoms with Gasteiger partial charge in [0.1, 0.15) is 13.1 Å². The lowest BCUT2D eigenvalue weighted by atomic mass is 9.76. The van der Waals surface area contributed by atoms with E-state index in [-0.39, 0.29) is 41.8 Å². The number of hydrogen-bond donors (Lipinski definition) is 3. The van der Waals surface area contributed by atoms with Crippen LogP contribution in [0.5, 0.6) is 23.0 Å². The molecule has 2 atom stereocenters. The van der Waals surface area contributed by atoms with E-state index in [1.807, 2.05) is 122 Å². The first-order chi connectivity index (χ1) is 31.0. The number of methoxy groups -OCH3 is 2. The summed E-state index contributed by atoms with van der Waals surface area (Å²) >= 11 is 0. The number of amides is 2. The van der Waals surface area contributed by atoms with E-state index in [2.05, 4.69) is 24.5 Å². The van der Waals surface area contributed by atoms with Crippen molar-refractivity contribution in [2.45, 2.75) is 63.8 Å². The number of fused-ring (bicyclic) bond motifs is 4. The molecule has 5 aromatic rings. The van der Waals surface area contributed by atoms with Crippen molar-refractivity contribution in [2.75, 3.05) is 47.7 Å². The summed E-state index contributed by atoms with van der Waals surface area (Å²) in [5.41, 5.74) is 3.89. The van der Waals surface area contributed by atoms with Gasteiger partial charge in [-0.25, -0.2) is 0 Å². The van der Waals surface area contributed by atoms with Gasteiger partial charge in [0.2, 0.25) is 23.3 Å². The fraction of sp³-hybridized carbons (Fsp3) is 0.280. The molecule has 0 saturated heterocycles. The average Bonchev–Trinajstić information content (AvgIpc) is 3.57. The minimum Gasteiger partial charge on any atom is -0.870 e. The van der Waals surface area contributed by atoms with E-state index in [0.29, 0.717) is 45.4 Å². The van der Waals surface area contributed by atoms with Crippen LogP contribution in [0, 0.1) is 28.9 Å². The Hall–Kier alpha value is -7.72. The molecule has 66 heavy (non-hydrogen) atoms. The zero-order valence-electron chi connectivity index (χ0n) is 37.8. The number of benzene rings is 5. The van der Waals surface area contributed by atoms with Crippen LogP contribution >= 0.6 is 0 Å². The molecule has 0 saturated carbocycles. The number of carbonyl (C=O) groups excluding carboxylic acids is 2. The third kappa shape index (κ3) is 6.69. The van der Waals surface area contributed by atoms with Crippen LogP contribution in [-0.2, 0) is 20.4 Å². The van der Waals surface area contributed by atoms with Gasteiger partial charge in [-0.15, -0.1) is 0 Å². The number of aryl methyl sites for hydroxylation is 2. The van der Waals surface area contributed by atoms with Crippen molar-refractivity contribution in [3.8, 4) is 23.0 Å². The molecule has 0 radical (unpaired) electrons. The number of hydrogen-bond acceptors (Lipinski definition) is 12. The van der Waals surface area contributed by atoms with E-state index in [4.69, 9.17) is 18.9 Å². The highest BCUT2D eigenvalue weighted by Crippen LogP contribution is 2.58. The van der Waals surface area contributed by atoms with Crippen molar-refractivity contribution in [3.05, 3.63) is 145 Å². The average molecular weight is 895 g/mol. The lowest BCUT2D eigenvalue weighted by molar-refractivity contribution is -0.385. The monoisotopic (exact) mass is 894 g/mol. The summed E-state index contributed by atoms with van der Waals surface area (Å²) in [6.45, 7) is 11.8. The number of rotatable bonds is 10. The molecule has 4 N–H and O–H groups in total. The minimum absolute atomic E-state index is 0.